The van der Waals surface area contributed by atoms with Crippen molar-refractivity contribution in [2.24, 2.45) is 0 Å². The zero-order valence-electron chi connectivity index (χ0n) is 25.4. The normalized spacial score (nSPS) is 20.9. The fraction of sp³-hybridized carbons (Fsp3) is 1.00. The van der Waals surface area contributed by atoms with Crippen molar-refractivity contribution in [1.29, 1.82) is 0 Å². The number of quaternary nitrogens is 1. The third-order valence-corrected chi connectivity index (χ3v) is 9.93. The summed E-state index contributed by atoms with van der Waals surface area (Å²) in [5.41, 5.74) is 0. The van der Waals surface area contributed by atoms with Gasteiger partial charge in [0.05, 0.1) is 66.8 Å². The standard InChI is InChI=1S/C30H64NO6Si/c1-4-5-6-7-8-9-10-11-12-13-14-15-16-17-18-19-21-31(2,3)22-20-27-38(33)36-26-25-35-30(29-37-38)28-34-24-23-32/h30,32-33H,4-29H2,1-3H3/q+1. The second-order valence-corrected chi connectivity index (χ2v) is 14.5. The highest BCUT2D eigenvalue weighted by atomic mass is 28.4. The molecule has 0 bridgehead atoms. The molecule has 0 spiro atoms. The lowest BCUT2D eigenvalue weighted by Crippen LogP contribution is -2.49. The van der Waals surface area contributed by atoms with Crippen molar-refractivity contribution in [2.75, 3.05) is 66.8 Å². The third kappa shape index (κ3) is 20.8. The van der Waals surface area contributed by atoms with E-state index in [-0.39, 0.29) is 25.9 Å². The summed E-state index contributed by atoms with van der Waals surface area (Å²) >= 11 is 0. The summed E-state index contributed by atoms with van der Waals surface area (Å²) in [5.74, 6) is 0. The van der Waals surface area contributed by atoms with Gasteiger partial charge < -0.3 is 32.7 Å². The van der Waals surface area contributed by atoms with Crippen LogP contribution in [0.5, 0.6) is 0 Å². The van der Waals surface area contributed by atoms with Gasteiger partial charge in [0.2, 0.25) is 0 Å². The van der Waals surface area contributed by atoms with E-state index >= 15 is 0 Å². The summed E-state index contributed by atoms with van der Waals surface area (Å²) in [6.07, 6.45) is 23.1. The Labute approximate surface area is 236 Å². The topological polar surface area (TPSA) is 77.4 Å². The number of hydrogen-bond donors (Lipinski definition) is 2. The fourth-order valence-corrected chi connectivity index (χ4v) is 7.00. The molecule has 0 radical (unpaired) electrons. The molecule has 0 aromatic carbocycles. The van der Waals surface area contributed by atoms with Crippen LogP contribution in [0.1, 0.15) is 116 Å². The zero-order valence-corrected chi connectivity index (χ0v) is 26.4. The van der Waals surface area contributed by atoms with Crippen LogP contribution in [0.15, 0.2) is 0 Å². The number of ether oxygens (including phenoxy) is 2. The first-order valence-corrected chi connectivity index (χ1v) is 18.0. The molecule has 1 saturated heterocycles. The lowest BCUT2D eigenvalue weighted by Gasteiger charge is -2.32. The van der Waals surface area contributed by atoms with Crippen molar-refractivity contribution >= 4 is 8.80 Å². The molecule has 0 amide bonds. The quantitative estimate of drug-likeness (QED) is 0.0797. The van der Waals surface area contributed by atoms with E-state index in [1.807, 2.05) is 0 Å². The first-order valence-electron chi connectivity index (χ1n) is 16.0. The maximum absolute atomic E-state index is 10.9. The summed E-state index contributed by atoms with van der Waals surface area (Å²) in [6, 6.07) is 0.581. The molecule has 0 saturated carbocycles. The molecule has 228 valence electrons. The van der Waals surface area contributed by atoms with Gasteiger partial charge in [-0.25, -0.2) is 0 Å². The smallest absolute Gasteiger partial charge is 0.394 e. The van der Waals surface area contributed by atoms with Crippen LogP contribution in [0.2, 0.25) is 6.04 Å². The minimum atomic E-state index is -3.18. The molecule has 0 aromatic rings. The molecule has 38 heavy (non-hydrogen) atoms. The van der Waals surface area contributed by atoms with Crippen LogP contribution in [0.4, 0.5) is 0 Å². The first-order chi connectivity index (χ1) is 18.4. The van der Waals surface area contributed by atoms with E-state index in [1.165, 1.54) is 109 Å². The Bertz CT molecular complexity index is 527. The first kappa shape index (κ1) is 36.0. The van der Waals surface area contributed by atoms with Crippen LogP contribution in [-0.2, 0) is 18.3 Å². The van der Waals surface area contributed by atoms with Gasteiger partial charge in [0.25, 0.3) is 0 Å². The molecule has 1 aliphatic rings. The van der Waals surface area contributed by atoms with Crippen LogP contribution in [0.3, 0.4) is 0 Å². The molecule has 7 nitrogen and oxygen atoms in total. The van der Waals surface area contributed by atoms with Crippen molar-refractivity contribution in [2.45, 2.75) is 128 Å². The van der Waals surface area contributed by atoms with E-state index in [1.54, 1.807) is 0 Å². The van der Waals surface area contributed by atoms with E-state index in [4.69, 9.17) is 23.4 Å². The largest absolute Gasteiger partial charge is 0.498 e. The van der Waals surface area contributed by atoms with Crippen molar-refractivity contribution in [1.82, 2.24) is 0 Å². The van der Waals surface area contributed by atoms with Gasteiger partial charge in [-0.3, -0.25) is 0 Å². The summed E-state index contributed by atoms with van der Waals surface area (Å²) in [4.78, 5) is 10.9. The molecule has 0 aliphatic carbocycles. The van der Waals surface area contributed by atoms with Gasteiger partial charge in [-0.05, 0) is 12.8 Å². The summed E-state index contributed by atoms with van der Waals surface area (Å²) in [5, 5.41) is 8.86. The zero-order chi connectivity index (χ0) is 27.8. The average Bonchev–Trinajstić information content (AvgIpc) is 2.88. The van der Waals surface area contributed by atoms with Gasteiger partial charge in [-0.2, -0.15) is 0 Å². The average molecular weight is 563 g/mol. The Balaban J connectivity index is 2.00. The van der Waals surface area contributed by atoms with E-state index < -0.39 is 8.80 Å². The Hall–Kier alpha value is -0.0631. The molecule has 1 rings (SSSR count). The number of nitrogens with zero attached hydrogens (tertiary/aromatic N) is 1. The van der Waals surface area contributed by atoms with E-state index in [2.05, 4.69) is 21.0 Å². The van der Waals surface area contributed by atoms with Crippen molar-refractivity contribution in [3.63, 3.8) is 0 Å². The molecule has 2 N–H and O–H groups in total. The van der Waals surface area contributed by atoms with Crippen LogP contribution in [-0.4, -0.2) is 96.1 Å². The van der Waals surface area contributed by atoms with Crippen LogP contribution >= 0.6 is 0 Å². The highest BCUT2D eigenvalue weighted by molar-refractivity contribution is 6.59. The predicted octanol–water partition coefficient (Wildman–Crippen LogP) is 6.09. The molecule has 1 aliphatic heterocycles. The fourth-order valence-electron chi connectivity index (χ4n) is 5.18. The Kier molecular flexibility index (Phi) is 22.4. The highest BCUT2D eigenvalue weighted by Crippen LogP contribution is 2.19. The second kappa shape index (κ2) is 23.6. The van der Waals surface area contributed by atoms with Gasteiger partial charge in [0, 0.05) is 12.5 Å². The SMILES string of the molecule is CCCCCCCCCCCCCCCCCC[N+](C)(C)CCC[Si]1(O)OCCOC(COCCO)CO1. The number of unbranched alkanes of at least 4 members (excludes halogenated alkanes) is 15. The Morgan fingerprint density at radius 1 is 0.737 bits per heavy atom. The second-order valence-electron chi connectivity index (χ2n) is 12.0. The third-order valence-electron chi connectivity index (χ3n) is 7.67. The maximum Gasteiger partial charge on any atom is 0.498 e. The molecular formula is C30H64NO6Si+. The minimum absolute atomic E-state index is 0.0111. The molecule has 0 aromatic heterocycles. The van der Waals surface area contributed by atoms with Gasteiger partial charge in [0.15, 0.2) is 0 Å². The molecule has 1 fully saturated rings. The molecular weight excluding hydrogens is 498 g/mol. The Morgan fingerprint density at radius 3 is 1.82 bits per heavy atom. The van der Waals surface area contributed by atoms with Crippen molar-refractivity contribution < 1.29 is 32.7 Å². The molecule has 2 unspecified atom stereocenters. The summed E-state index contributed by atoms with van der Waals surface area (Å²) in [6.45, 7) is 6.14. The van der Waals surface area contributed by atoms with Gasteiger partial charge in [0.1, 0.15) is 6.10 Å². The van der Waals surface area contributed by atoms with Gasteiger partial charge in [-0.1, -0.05) is 96.8 Å². The Morgan fingerprint density at radius 2 is 1.26 bits per heavy atom. The number of aliphatic hydroxyl groups is 1. The van der Waals surface area contributed by atoms with Gasteiger partial charge in [-0.15, -0.1) is 0 Å². The summed E-state index contributed by atoms with van der Waals surface area (Å²) < 4.78 is 23.5. The molecule has 1 heterocycles. The predicted molar refractivity (Wildman–Crippen MR) is 158 cm³/mol. The monoisotopic (exact) mass is 562 g/mol. The number of aliphatic hydroxyl groups excluding tert-OH is 1. The van der Waals surface area contributed by atoms with Gasteiger partial charge >= 0.3 is 8.80 Å². The highest BCUT2D eigenvalue weighted by Gasteiger charge is 2.39. The lowest BCUT2D eigenvalue weighted by atomic mass is 10.0. The van der Waals surface area contributed by atoms with Crippen LogP contribution in [0.25, 0.3) is 0 Å². The van der Waals surface area contributed by atoms with Crippen LogP contribution in [0, 0.1) is 0 Å². The molecule has 2 atom stereocenters. The number of rotatable bonds is 25. The molecule has 8 heteroatoms. The lowest BCUT2D eigenvalue weighted by molar-refractivity contribution is -0.890. The van der Waals surface area contributed by atoms with E-state index in [0.29, 0.717) is 25.9 Å². The summed E-state index contributed by atoms with van der Waals surface area (Å²) in [7, 11) is 1.40. The van der Waals surface area contributed by atoms with Crippen molar-refractivity contribution in [3.05, 3.63) is 0 Å². The van der Waals surface area contributed by atoms with E-state index in [0.717, 1.165) is 17.4 Å². The maximum atomic E-state index is 10.9. The van der Waals surface area contributed by atoms with Crippen molar-refractivity contribution in [3.8, 4) is 0 Å². The van der Waals surface area contributed by atoms with E-state index in [9.17, 15) is 4.80 Å². The minimum Gasteiger partial charge on any atom is -0.394 e. The number of hydrogen-bond acceptors (Lipinski definition) is 6. The van der Waals surface area contributed by atoms with Crippen LogP contribution < -0.4 is 0 Å².